The molecule has 0 amide bonds. The summed E-state index contributed by atoms with van der Waals surface area (Å²) in [6.45, 7) is 2.42. The summed E-state index contributed by atoms with van der Waals surface area (Å²) in [7, 11) is 0. The molecule has 0 aromatic heterocycles. The second-order valence-corrected chi connectivity index (χ2v) is 0.959. The Morgan fingerprint density at radius 3 is 2.17 bits per heavy atom. The Hall–Kier alpha value is -0.660. The molecular formula is C4H4N2. The van der Waals surface area contributed by atoms with Crippen LogP contribution in [0.2, 0.25) is 0 Å². The molecule has 0 spiro atoms. The maximum Gasteiger partial charge on any atom is 0.248 e. The lowest BCUT2D eigenvalue weighted by Gasteiger charge is -1.85. The highest BCUT2D eigenvalue weighted by atomic mass is 14.9. The van der Waals surface area contributed by atoms with Crippen LogP contribution in [0.1, 0.15) is 6.42 Å². The predicted octanol–water partition coefficient (Wildman–Crippen LogP) is 0.528. The van der Waals surface area contributed by atoms with Gasteiger partial charge in [-0.15, -0.1) is 0 Å². The normalized spacial score (nSPS) is 18.7. The fourth-order valence-electron chi connectivity index (χ4n) is 0.268. The Labute approximate surface area is 36.6 Å². The van der Waals surface area contributed by atoms with Crippen LogP contribution < -0.4 is 0 Å². The van der Waals surface area contributed by atoms with E-state index in [0.717, 1.165) is 6.42 Å². The van der Waals surface area contributed by atoms with E-state index in [0.29, 0.717) is 0 Å². The number of hydrogen-bond donors (Lipinski definition) is 0. The highest BCUT2D eigenvalue weighted by Crippen LogP contribution is 1.85. The molecule has 6 heavy (non-hydrogen) atoms. The average molecular weight is 80.1 g/mol. The van der Waals surface area contributed by atoms with Crippen LogP contribution in [0.3, 0.4) is 0 Å². The summed E-state index contributed by atoms with van der Waals surface area (Å²) in [6.07, 6.45) is 4.37. The minimum absolute atomic E-state index is 0.854. The van der Waals surface area contributed by atoms with Crippen molar-refractivity contribution in [3.8, 4) is 0 Å². The van der Waals surface area contributed by atoms with Crippen molar-refractivity contribution in [1.29, 1.82) is 0 Å². The Balaban J connectivity index is 2.40. The maximum atomic E-state index is 3.60. The first-order valence-electron chi connectivity index (χ1n) is 1.78. The van der Waals surface area contributed by atoms with Crippen molar-refractivity contribution >= 4 is 12.4 Å². The predicted molar refractivity (Wildman–Crippen MR) is 24.8 cm³/mol. The molecule has 0 aromatic carbocycles. The lowest BCUT2D eigenvalue weighted by molar-refractivity contribution is 1.22. The number of rotatable bonds is 0. The van der Waals surface area contributed by atoms with Gasteiger partial charge in [-0.3, -0.25) is 9.98 Å². The van der Waals surface area contributed by atoms with Crippen LogP contribution in [0.5, 0.6) is 0 Å². The van der Waals surface area contributed by atoms with Crippen molar-refractivity contribution in [2.75, 3.05) is 0 Å². The minimum Gasteiger partial charge on any atom is -0.258 e. The van der Waals surface area contributed by atoms with Crippen LogP contribution >= 0.6 is 0 Å². The maximum absolute atomic E-state index is 3.60. The smallest absolute Gasteiger partial charge is 0.248 e. The molecule has 0 unspecified atom stereocenters. The zero-order valence-corrected chi connectivity index (χ0v) is 3.26. The first-order valence-corrected chi connectivity index (χ1v) is 1.78. The molecule has 2 nitrogen and oxygen atoms in total. The molecule has 0 aromatic rings. The minimum atomic E-state index is 0.854. The number of nitrogens with zero attached hydrogens (tertiary/aromatic N) is 2. The molecule has 0 N–H and O–H groups in total. The quantitative estimate of drug-likeness (QED) is 0.405. The van der Waals surface area contributed by atoms with Crippen molar-refractivity contribution < 1.29 is 0 Å². The van der Waals surface area contributed by atoms with Crippen LogP contribution in [0.15, 0.2) is 9.98 Å². The largest absolute Gasteiger partial charge is 0.258 e. The zero-order valence-electron chi connectivity index (χ0n) is 3.26. The van der Waals surface area contributed by atoms with E-state index < -0.39 is 0 Å². The SMILES string of the molecule is [C]1N=CCC=N1. The van der Waals surface area contributed by atoms with E-state index >= 15 is 0 Å². The summed E-state index contributed by atoms with van der Waals surface area (Å²) < 4.78 is 0. The van der Waals surface area contributed by atoms with Crippen molar-refractivity contribution in [2.24, 2.45) is 9.98 Å². The van der Waals surface area contributed by atoms with E-state index in [1.165, 1.54) is 0 Å². The summed E-state index contributed by atoms with van der Waals surface area (Å²) in [4.78, 5) is 7.21. The molecule has 2 heteroatoms. The molecule has 1 rings (SSSR count). The fourth-order valence-corrected chi connectivity index (χ4v) is 0.268. The Morgan fingerprint density at radius 2 is 2.00 bits per heavy atom. The highest BCUT2D eigenvalue weighted by molar-refractivity contribution is 5.81. The van der Waals surface area contributed by atoms with Crippen molar-refractivity contribution in [1.82, 2.24) is 0 Å². The first-order chi connectivity index (χ1) is 3.00. The van der Waals surface area contributed by atoms with Crippen molar-refractivity contribution in [3.63, 3.8) is 0 Å². The number of aliphatic imine (C=N–C) groups is 2. The van der Waals surface area contributed by atoms with E-state index in [-0.39, 0.29) is 0 Å². The fraction of sp³-hybridized carbons (Fsp3) is 0.250. The summed E-state index contributed by atoms with van der Waals surface area (Å²) in [6, 6.07) is 0. The summed E-state index contributed by atoms with van der Waals surface area (Å²) in [5, 5.41) is 0. The summed E-state index contributed by atoms with van der Waals surface area (Å²) in [5.41, 5.74) is 0. The summed E-state index contributed by atoms with van der Waals surface area (Å²) in [5.74, 6) is 0. The molecule has 0 bridgehead atoms. The third kappa shape index (κ3) is 0.641. The van der Waals surface area contributed by atoms with Crippen molar-refractivity contribution in [3.05, 3.63) is 6.67 Å². The third-order valence-electron chi connectivity index (χ3n) is 0.509. The van der Waals surface area contributed by atoms with Gasteiger partial charge in [-0.05, 0) is 0 Å². The first kappa shape index (κ1) is 3.53. The average Bonchev–Trinajstić information content (AvgIpc) is 1.72. The summed E-state index contributed by atoms with van der Waals surface area (Å²) >= 11 is 0. The van der Waals surface area contributed by atoms with Gasteiger partial charge in [0.25, 0.3) is 0 Å². The van der Waals surface area contributed by atoms with Gasteiger partial charge in [0.15, 0.2) is 0 Å². The molecule has 0 aliphatic carbocycles. The third-order valence-corrected chi connectivity index (χ3v) is 0.509. The second kappa shape index (κ2) is 1.70. The van der Waals surface area contributed by atoms with Crippen LogP contribution in [0, 0.1) is 6.67 Å². The van der Waals surface area contributed by atoms with Gasteiger partial charge >= 0.3 is 0 Å². The Kier molecular flexibility index (Phi) is 0.998. The van der Waals surface area contributed by atoms with Gasteiger partial charge in [-0.2, -0.15) is 0 Å². The monoisotopic (exact) mass is 80.0 g/mol. The van der Waals surface area contributed by atoms with Gasteiger partial charge in [0.2, 0.25) is 6.67 Å². The highest BCUT2D eigenvalue weighted by Gasteiger charge is 1.80. The standard InChI is InChI=1S/C4H4N2/c1-2-5-4-6-3-1/h2-3H,1H2. The van der Waals surface area contributed by atoms with E-state index in [1.807, 2.05) is 0 Å². The lowest BCUT2D eigenvalue weighted by atomic mass is 10.5. The van der Waals surface area contributed by atoms with Crippen LogP contribution in [-0.4, -0.2) is 12.4 Å². The van der Waals surface area contributed by atoms with Gasteiger partial charge in [0, 0.05) is 18.9 Å². The Morgan fingerprint density at radius 1 is 1.33 bits per heavy atom. The molecule has 2 radical (unpaired) electrons. The van der Waals surface area contributed by atoms with Crippen LogP contribution in [0.4, 0.5) is 0 Å². The van der Waals surface area contributed by atoms with Gasteiger partial charge in [0.1, 0.15) is 0 Å². The van der Waals surface area contributed by atoms with Crippen LogP contribution in [-0.2, 0) is 0 Å². The van der Waals surface area contributed by atoms with E-state index in [4.69, 9.17) is 0 Å². The molecule has 1 heterocycles. The molecular weight excluding hydrogens is 76.1 g/mol. The molecule has 0 saturated carbocycles. The molecule has 1 aliphatic rings. The topological polar surface area (TPSA) is 24.7 Å². The van der Waals surface area contributed by atoms with E-state index in [2.05, 4.69) is 16.7 Å². The number of hydrogen-bond acceptors (Lipinski definition) is 2. The van der Waals surface area contributed by atoms with Gasteiger partial charge < -0.3 is 0 Å². The molecule has 1 aliphatic heterocycles. The van der Waals surface area contributed by atoms with Gasteiger partial charge in [0.05, 0.1) is 0 Å². The van der Waals surface area contributed by atoms with E-state index in [9.17, 15) is 0 Å². The molecule has 0 fully saturated rings. The second-order valence-electron chi connectivity index (χ2n) is 0.959. The lowest BCUT2D eigenvalue weighted by Crippen LogP contribution is -1.82. The van der Waals surface area contributed by atoms with Gasteiger partial charge in [-0.25, -0.2) is 0 Å². The van der Waals surface area contributed by atoms with Crippen LogP contribution in [0.25, 0.3) is 0 Å². The zero-order chi connectivity index (χ0) is 4.24. The van der Waals surface area contributed by atoms with Gasteiger partial charge in [-0.1, -0.05) is 0 Å². The molecule has 30 valence electrons. The Bertz CT molecular complexity index is 63.5. The van der Waals surface area contributed by atoms with E-state index in [1.54, 1.807) is 12.4 Å². The van der Waals surface area contributed by atoms with Crippen molar-refractivity contribution in [2.45, 2.75) is 6.42 Å². The molecule has 0 saturated heterocycles. The molecule has 0 atom stereocenters.